The summed E-state index contributed by atoms with van der Waals surface area (Å²) in [4.78, 5) is 14.9. The highest BCUT2D eigenvalue weighted by atomic mass is 16.2. The molecule has 6 nitrogen and oxygen atoms in total. The topological polar surface area (TPSA) is 77.0 Å². The molecule has 1 aromatic heterocycles. The Balaban J connectivity index is 1.56. The number of nitrogens with two attached hydrogens (primary N) is 1. The molecule has 3 heterocycles. The van der Waals surface area contributed by atoms with E-state index in [-0.39, 0.29) is 11.8 Å². The monoisotopic (exact) mass is 325 g/mol. The zero-order valence-electron chi connectivity index (χ0n) is 14.0. The summed E-state index contributed by atoms with van der Waals surface area (Å²) in [6.07, 6.45) is 4.23. The first kappa shape index (κ1) is 15.2. The second kappa shape index (κ2) is 5.92. The average molecular weight is 325 g/mol. The molecule has 6 heteroatoms. The molecule has 2 aliphatic heterocycles. The minimum Gasteiger partial charge on any atom is -0.399 e. The van der Waals surface area contributed by atoms with Crippen molar-refractivity contribution in [2.75, 3.05) is 18.8 Å². The maximum Gasteiger partial charge on any atom is 0.254 e. The summed E-state index contributed by atoms with van der Waals surface area (Å²) in [6, 6.07) is 5.54. The lowest BCUT2D eigenvalue weighted by Gasteiger charge is -2.32. The third kappa shape index (κ3) is 2.56. The number of nitrogen functional groups attached to an aromatic ring is 1. The van der Waals surface area contributed by atoms with Gasteiger partial charge in [-0.1, -0.05) is 6.07 Å². The highest BCUT2D eigenvalue weighted by Crippen LogP contribution is 2.29. The molecule has 0 bridgehead atoms. The van der Waals surface area contributed by atoms with Crippen LogP contribution in [0.3, 0.4) is 0 Å². The van der Waals surface area contributed by atoms with Gasteiger partial charge in [0, 0.05) is 43.2 Å². The van der Waals surface area contributed by atoms with Gasteiger partial charge in [0.1, 0.15) is 11.6 Å². The lowest BCUT2D eigenvalue weighted by Crippen LogP contribution is -2.40. The second-order valence-electron chi connectivity index (χ2n) is 6.89. The minimum atomic E-state index is 0.0747. The van der Waals surface area contributed by atoms with Crippen LogP contribution < -0.4 is 5.73 Å². The van der Waals surface area contributed by atoms with Crippen molar-refractivity contribution in [3.63, 3.8) is 0 Å². The minimum absolute atomic E-state index is 0.0747. The number of rotatable bonds is 2. The van der Waals surface area contributed by atoms with Crippen LogP contribution in [-0.4, -0.2) is 38.7 Å². The molecule has 4 rings (SSSR count). The normalized spacial score (nSPS) is 20.2. The lowest BCUT2D eigenvalue weighted by molar-refractivity contribution is 0.0702. The van der Waals surface area contributed by atoms with E-state index < -0.39 is 0 Å². The summed E-state index contributed by atoms with van der Waals surface area (Å²) in [5.41, 5.74) is 8.18. The van der Waals surface area contributed by atoms with E-state index in [1.165, 1.54) is 0 Å². The molecule has 2 N–H and O–H groups in total. The van der Waals surface area contributed by atoms with Crippen molar-refractivity contribution < 1.29 is 4.79 Å². The van der Waals surface area contributed by atoms with Crippen LogP contribution in [0.1, 0.15) is 52.8 Å². The van der Waals surface area contributed by atoms with Crippen molar-refractivity contribution in [2.45, 2.75) is 45.1 Å². The smallest absolute Gasteiger partial charge is 0.254 e. The van der Waals surface area contributed by atoms with E-state index in [4.69, 9.17) is 5.73 Å². The van der Waals surface area contributed by atoms with Crippen molar-refractivity contribution in [3.8, 4) is 0 Å². The standard InChI is InChI=1S/C18H23N5O/c1-12-6-7-14(19)10-15(12)18(24)22-8-2-4-13(11-22)17-21-20-16-5-3-9-23(16)17/h6-7,10,13H,2-5,8-9,11,19H2,1H3. The van der Waals surface area contributed by atoms with Gasteiger partial charge >= 0.3 is 0 Å². The number of fused-ring (bicyclic) bond motifs is 1. The van der Waals surface area contributed by atoms with Gasteiger partial charge in [0.15, 0.2) is 0 Å². The summed E-state index contributed by atoms with van der Waals surface area (Å²) in [7, 11) is 0. The Morgan fingerprint density at radius 2 is 2.12 bits per heavy atom. The van der Waals surface area contributed by atoms with Crippen LogP contribution in [0.4, 0.5) is 5.69 Å². The number of piperidine rings is 1. The fourth-order valence-corrected chi connectivity index (χ4v) is 3.89. The fraction of sp³-hybridized carbons (Fsp3) is 0.500. The zero-order chi connectivity index (χ0) is 16.7. The summed E-state index contributed by atoms with van der Waals surface area (Å²) in [6.45, 7) is 4.48. The summed E-state index contributed by atoms with van der Waals surface area (Å²) in [5, 5.41) is 8.73. The maximum atomic E-state index is 12.9. The number of anilines is 1. The molecule has 1 saturated heterocycles. The molecule has 1 unspecified atom stereocenters. The number of carbonyl (C=O) groups is 1. The van der Waals surface area contributed by atoms with E-state index in [0.717, 1.165) is 56.0 Å². The van der Waals surface area contributed by atoms with E-state index in [0.29, 0.717) is 17.8 Å². The SMILES string of the molecule is Cc1ccc(N)cc1C(=O)N1CCCC(c2nnc3n2CCC3)C1. The van der Waals surface area contributed by atoms with Crippen molar-refractivity contribution in [2.24, 2.45) is 0 Å². The van der Waals surface area contributed by atoms with Gasteiger partial charge < -0.3 is 15.2 Å². The van der Waals surface area contributed by atoms with E-state index in [9.17, 15) is 4.79 Å². The Labute approximate surface area is 141 Å². The van der Waals surface area contributed by atoms with Crippen molar-refractivity contribution >= 4 is 11.6 Å². The summed E-state index contributed by atoms with van der Waals surface area (Å²) < 4.78 is 2.25. The van der Waals surface area contributed by atoms with Crippen molar-refractivity contribution in [1.29, 1.82) is 0 Å². The number of aryl methyl sites for hydroxylation is 2. The molecule has 1 atom stereocenters. The number of hydrogen-bond donors (Lipinski definition) is 1. The van der Waals surface area contributed by atoms with Crippen LogP contribution in [0, 0.1) is 6.92 Å². The number of benzene rings is 1. The molecular weight excluding hydrogens is 302 g/mol. The molecule has 0 radical (unpaired) electrons. The maximum absolute atomic E-state index is 12.9. The van der Waals surface area contributed by atoms with Gasteiger partial charge in [-0.15, -0.1) is 10.2 Å². The number of amides is 1. The Kier molecular flexibility index (Phi) is 3.75. The van der Waals surface area contributed by atoms with Crippen molar-refractivity contribution in [1.82, 2.24) is 19.7 Å². The molecular formula is C18H23N5O. The van der Waals surface area contributed by atoms with E-state index in [2.05, 4.69) is 14.8 Å². The Hall–Kier alpha value is -2.37. The van der Waals surface area contributed by atoms with Gasteiger partial charge in [0.05, 0.1) is 0 Å². The molecule has 0 spiro atoms. The molecule has 0 aliphatic carbocycles. The third-order valence-electron chi connectivity index (χ3n) is 5.20. The Morgan fingerprint density at radius 3 is 3.00 bits per heavy atom. The molecule has 2 aliphatic rings. The largest absolute Gasteiger partial charge is 0.399 e. The van der Waals surface area contributed by atoms with Crippen LogP contribution in [0.2, 0.25) is 0 Å². The zero-order valence-corrected chi connectivity index (χ0v) is 14.0. The van der Waals surface area contributed by atoms with Crippen LogP contribution in [-0.2, 0) is 13.0 Å². The van der Waals surface area contributed by atoms with Gasteiger partial charge in [-0.05, 0) is 43.9 Å². The third-order valence-corrected chi connectivity index (χ3v) is 5.20. The Morgan fingerprint density at radius 1 is 1.25 bits per heavy atom. The van der Waals surface area contributed by atoms with Gasteiger partial charge in [0.25, 0.3) is 5.91 Å². The van der Waals surface area contributed by atoms with Crippen LogP contribution in [0.15, 0.2) is 18.2 Å². The van der Waals surface area contributed by atoms with Crippen LogP contribution in [0.5, 0.6) is 0 Å². The first-order valence-electron chi connectivity index (χ1n) is 8.71. The molecule has 24 heavy (non-hydrogen) atoms. The fourth-order valence-electron chi connectivity index (χ4n) is 3.89. The Bertz CT molecular complexity index is 782. The van der Waals surface area contributed by atoms with Gasteiger partial charge in [0.2, 0.25) is 0 Å². The van der Waals surface area contributed by atoms with Gasteiger partial charge in [-0.25, -0.2) is 0 Å². The number of nitrogens with zero attached hydrogens (tertiary/aromatic N) is 4. The van der Waals surface area contributed by atoms with Gasteiger partial charge in [-0.2, -0.15) is 0 Å². The predicted molar refractivity (Wildman–Crippen MR) is 91.8 cm³/mol. The van der Waals surface area contributed by atoms with E-state index in [1.54, 1.807) is 6.07 Å². The second-order valence-corrected chi connectivity index (χ2v) is 6.89. The number of aromatic nitrogens is 3. The molecule has 126 valence electrons. The molecule has 1 aromatic carbocycles. The van der Waals surface area contributed by atoms with E-state index in [1.807, 2.05) is 24.0 Å². The quantitative estimate of drug-likeness (QED) is 0.858. The van der Waals surface area contributed by atoms with Crippen molar-refractivity contribution in [3.05, 3.63) is 41.0 Å². The lowest BCUT2D eigenvalue weighted by atomic mass is 9.96. The number of likely N-dealkylation sites (tertiary alicyclic amines) is 1. The first-order valence-corrected chi connectivity index (χ1v) is 8.71. The molecule has 0 saturated carbocycles. The van der Waals surface area contributed by atoms with Gasteiger partial charge in [-0.3, -0.25) is 4.79 Å². The average Bonchev–Trinajstić information content (AvgIpc) is 3.20. The van der Waals surface area contributed by atoms with Crippen LogP contribution in [0.25, 0.3) is 0 Å². The number of carbonyl (C=O) groups excluding carboxylic acids is 1. The molecule has 1 fully saturated rings. The molecule has 1 amide bonds. The summed E-state index contributed by atoms with van der Waals surface area (Å²) in [5.74, 6) is 2.51. The highest BCUT2D eigenvalue weighted by molar-refractivity contribution is 5.96. The molecule has 2 aromatic rings. The highest BCUT2D eigenvalue weighted by Gasteiger charge is 2.30. The van der Waals surface area contributed by atoms with Crippen LogP contribution >= 0.6 is 0 Å². The first-order chi connectivity index (χ1) is 11.6. The van der Waals surface area contributed by atoms with E-state index >= 15 is 0 Å². The predicted octanol–water partition coefficient (Wildman–Crippen LogP) is 2.13. The number of hydrogen-bond acceptors (Lipinski definition) is 4. The summed E-state index contributed by atoms with van der Waals surface area (Å²) >= 11 is 0.